The molecular weight excluding hydrogens is 330 g/mol. The Morgan fingerprint density at radius 2 is 1.92 bits per heavy atom. The zero-order valence-electron chi connectivity index (χ0n) is 14.6. The first-order chi connectivity index (χ1) is 12.7. The van der Waals surface area contributed by atoms with Crippen LogP contribution >= 0.6 is 0 Å². The van der Waals surface area contributed by atoms with Gasteiger partial charge in [0.1, 0.15) is 22.8 Å². The second kappa shape index (κ2) is 8.11. The average Bonchev–Trinajstić information content (AvgIpc) is 3.06. The van der Waals surface area contributed by atoms with Gasteiger partial charge in [0.15, 0.2) is 0 Å². The molecule has 3 rings (SSSR count). The molecule has 0 spiro atoms. The Labute approximate surface area is 151 Å². The van der Waals surface area contributed by atoms with Gasteiger partial charge in [0.05, 0.1) is 12.8 Å². The molecule has 0 atom stereocenters. The van der Waals surface area contributed by atoms with Crippen molar-refractivity contribution in [2.45, 2.75) is 13.8 Å². The van der Waals surface area contributed by atoms with Crippen molar-refractivity contribution in [3.05, 3.63) is 71.5 Å². The Balaban J connectivity index is 1.72. The fourth-order valence-corrected chi connectivity index (χ4v) is 2.47. The molecule has 1 amide bonds. The molecule has 3 aromatic rings. The van der Waals surface area contributed by atoms with E-state index in [1.165, 1.54) is 0 Å². The first-order valence-corrected chi connectivity index (χ1v) is 8.27. The Hall–Kier alpha value is -3.41. The molecule has 0 bridgehead atoms. The van der Waals surface area contributed by atoms with E-state index in [-0.39, 0.29) is 5.91 Å². The summed E-state index contributed by atoms with van der Waals surface area (Å²) in [5.74, 6) is 0.865. The van der Waals surface area contributed by atoms with Crippen LogP contribution < -0.4 is 10.2 Å². The van der Waals surface area contributed by atoms with Gasteiger partial charge in [-0.3, -0.25) is 4.79 Å². The summed E-state index contributed by atoms with van der Waals surface area (Å²) in [4.78, 5) is 12.5. The Bertz CT molecular complexity index is 900. The molecule has 0 unspecified atom stereocenters. The smallest absolute Gasteiger partial charge is 0.277 e. The van der Waals surface area contributed by atoms with Crippen LogP contribution in [0.2, 0.25) is 0 Å². The average molecular weight is 349 g/mol. The molecule has 1 aromatic heterocycles. The van der Waals surface area contributed by atoms with Crippen LogP contribution in [0.15, 0.2) is 64.2 Å². The molecule has 6 nitrogen and oxygen atoms in total. The minimum atomic E-state index is -0.371. The van der Waals surface area contributed by atoms with E-state index < -0.39 is 0 Å². The number of carbonyl (C=O) groups is 1. The molecular formula is C20H19N3O3. The second-order valence-electron chi connectivity index (χ2n) is 5.53. The number of benzene rings is 2. The summed E-state index contributed by atoms with van der Waals surface area (Å²) in [5.41, 5.74) is 5.05. The van der Waals surface area contributed by atoms with Crippen LogP contribution in [0.25, 0.3) is 11.3 Å². The number of rotatable bonds is 6. The summed E-state index contributed by atoms with van der Waals surface area (Å²) in [5, 5.41) is 8.01. The lowest BCUT2D eigenvalue weighted by Crippen LogP contribution is -2.18. The Morgan fingerprint density at radius 3 is 2.62 bits per heavy atom. The molecule has 0 aliphatic heterocycles. The van der Waals surface area contributed by atoms with Crippen molar-refractivity contribution in [3.8, 4) is 17.0 Å². The number of hydrogen-bond donors (Lipinski definition) is 1. The highest BCUT2D eigenvalue weighted by Gasteiger charge is 2.21. The number of aryl methyl sites for hydroxylation is 1. The third kappa shape index (κ3) is 3.97. The maximum Gasteiger partial charge on any atom is 0.277 e. The summed E-state index contributed by atoms with van der Waals surface area (Å²) < 4.78 is 10.6. The van der Waals surface area contributed by atoms with Crippen LogP contribution in [0.3, 0.4) is 0 Å². The van der Waals surface area contributed by atoms with Gasteiger partial charge in [-0.2, -0.15) is 5.10 Å². The van der Waals surface area contributed by atoms with Crippen LogP contribution in [0.4, 0.5) is 0 Å². The highest BCUT2D eigenvalue weighted by atomic mass is 16.5. The number of nitrogens with one attached hydrogen (secondary N) is 1. The van der Waals surface area contributed by atoms with Crippen molar-refractivity contribution in [1.82, 2.24) is 10.6 Å². The first-order valence-electron chi connectivity index (χ1n) is 8.27. The monoisotopic (exact) mass is 349 g/mol. The summed E-state index contributed by atoms with van der Waals surface area (Å²) in [6.07, 6.45) is 1.57. The van der Waals surface area contributed by atoms with Gasteiger partial charge in [0, 0.05) is 5.56 Å². The molecule has 1 heterocycles. The van der Waals surface area contributed by atoms with Crippen LogP contribution in [-0.4, -0.2) is 23.9 Å². The van der Waals surface area contributed by atoms with Crippen molar-refractivity contribution < 1.29 is 14.1 Å². The Kier molecular flexibility index (Phi) is 5.43. The molecule has 0 fully saturated rings. The summed E-state index contributed by atoms with van der Waals surface area (Å²) in [7, 11) is 0. The van der Waals surface area contributed by atoms with E-state index in [9.17, 15) is 4.79 Å². The molecule has 6 heteroatoms. The van der Waals surface area contributed by atoms with Gasteiger partial charge < -0.3 is 9.26 Å². The lowest BCUT2D eigenvalue weighted by atomic mass is 10.1. The third-order valence-corrected chi connectivity index (χ3v) is 3.71. The van der Waals surface area contributed by atoms with E-state index in [1.54, 1.807) is 13.1 Å². The maximum atomic E-state index is 12.5. The zero-order valence-corrected chi connectivity index (χ0v) is 14.6. The van der Waals surface area contributed by atoms with E-state index in [0.29, 0.717) is 23.6 Å². The molecule has 132 valence electrons. The predicted octanol–water partition coefficient (Wildman–Crippen LogP) is 3.81. The van der Waals surface area contributed by atoms with E-state index in [0.717, 1.165) is 16.9 Å². The number of hydrogen-bond acceptors (Lipinski definition) is 5. The molecule has 2 aromatic carbocycles. The Morgan fingerprint density at radius 1 is 1.19 bits per heavy atom. The van der Waals surface area contributed by atoms with Crippen LogP contribution in [-0.2, 0) is 0 Å². The minimum absolute atomic E-state index is 0.371. The fraction of sp³-hybridized carbons (Fsp3) is 0.150. The molecule has 26 heavy (non-hydrogen) atoms. The molecule has 1 N–H and O–H groups in total. The van der Waals surface area contributed by atoms with Gasteiger partial charge in [0.2, 0.25) is 0 Å². The van der Waals surface area contributed by atoms with E-state index in [1.807, 2.05) is 61.5 Å². The molecule has 0 saturated heterocycles. The SMILES string of the molecule is CCOc1ccc(/C=N\NC(=O)c2c(-c3ccccc3)noc2C)cc1. The molecule has 0 aliphatic carbocycles. The quantitative estimate of drug-likeness (QED) is 0.542. The van der Waals surface area contributed by atoms with Gasteiger partial charge in [-0.05, 0) is 43.7 Å². The third-order valence-electron chi connectivity index (χ3n) is 3.71. The van der Waals surface area contributed by atoms with Crippen LogP contribution in [0.1, 0.15) is 28.6 Å². The molecule has 0 aliphatic rings. The van der Waals surface area contributed by atoms with E-state index in [4.69, 9.17) is 9.26 Å². The van der Waals surface area contributed by atoms with Gasteiger partial charge in [-0.1, -0.05) is 35.5 Å². The van der Waals surface area contributed by atoms with Crippen molar-refractivity contribution in [2.24, 2.45) is 5.10 Å². The number of nitrogens with zero attached hydrogens (tertiary/aromatic N) is 2. The number of ether oxygens (including phenoxy) is 1. The van der Waals surface area contributed by atoms with Gasteiger partial charge >= 0.3 is 0 Å². The normalized spacial score (nSPS) is 10.8. The fourth-order valence-electron chi connectivity index (χ4n) is 2.47. The van der Waals surface area contributed by atoms with Crippen molar-refractivity contribution in [1.29, 1.82) is 0 Å². The highest BCUT2D eigenvalue weighted by Crippen LogP contribution is 2.24. The van der Waals surface area contributed by atoms with Crippen molar-refractivity contribution >= 4 is 12.1 Å². The molecule has 0 saturated carbocycles. The van der Waals surface area contributed by atoms with E-state index in [2.05, 4.69) is 15.7 Å². The minimum Gasteiger partial charge on any atom is -0.494 e. The van der Waals surface area contributed by atoms with Crippen LogP contribution in [0, 0.1) is 6.92 Å². The lowest BCUT2D eigenvalue weighted by Gasteiger charge is -2.03. The second-order valence-corrected chi connectivity index (χ2v) is 5.53. The standard InChI is InChI=1S/C20H19N3O3/c1-3-25-17-11-9-15(10-12-17)13-21-22-20(24)18-14(2)26-23-19(18)16-7-5-4-6-8-16/h4-13H,3H2,1-2H3,(H,22,24)/b21-13-. The zero-order chi connectivity index (χ0) is 18.4. The van der Waals surface area contributed by atoms with Crippen LogP contribution in [0.5, 0.6) is 5.75 Å². The number of aromatic nitrogens is 1. The van der Waals surface area contributed by atoms with Crippen molar-refractivity contribution in [3.63, 3.8) is 0 Å². The largest absolute Gasteiger partial charge is 0.494 e. The summed E-state index contributed by atoms with van der Waals surface area (Å²) in [6, 6.07) is 16.8. The summed E-state index contributed by atoms with van der Waals surface area (Å²) in [6.45, 7) is 4.25. The molecule has 0 radical (unpaired) electrons. The topological polar surface area (TPSA) is 76.7 Å². The summed E-state index contributed by atoms with van der Waals surface area (Å²) >= 11 is 0. The highest BCUT2D eigenvalue weighted by molar-refractivity contribution is 6.01. The van der Waals surface area contributed by atoms with Gasteiger partial charge in [-0.25, -0.2) is 5.43 Å². The number of carbonyl (C=O) groups excluding carboxylic acids is 1. The van der Waals surface area contributed by atoms with Gasteiger partial charge in [-0.15, -0.1) is 0 Å². The number of amides is 1. The number of hydrazone groups is 1. The maximum absolute atomic E-state index is 12.5. The predicted molar refractivity (Wildman–Crippen MR) is 99.3 cm³/mol. The lowest BCUT2D eigenvalue weighted by molar-refractivity contribution is 0.0954. The first kappa shape index (κ1) is 17.4. The van der Waals surface area contributed by atoms with E-state index >= 15 is 0 Å². The van der Waals surface area contributed by atoms with Crippen molar-refractivity contribution in [2.75, 3.05) is 6.61 Å². The van der Waals surface area contributed by atoms with Gasteiger partial charge in [0.25, 0.3) is 5.91 Å².